The van der Waals surface area contributed by atoms with Crippen LogP contribution in [-0.2, 0) is 9.53 Å². The van der Waals surface area contributed by atoms with Crippen molar-refractivity contribution in [1.82, 2.24) is 4.90 Å². The maximum absolute atomic E-state index is 12.4. The minimum Gasteiger partial charge on any atom is -0.497 e. The lowest BCUT2D eigenvalue weighted by Crippen LogP contribution is -2.42. The van der Waals surface area contributed by atoms with Crippen molar-refractivity contribution in [2.24, 2.45) is 0 Å². The standard InChI is InChI=1S/C16H21NO6/c1-16(2,3)23-15(20)17-7-8-22-12-9-10(21-4)5-6-11(12)13(17)14(18)19/h5-6,9,13H,7-8H2,1-4H3,(H,18,19). The van der Waals surface area contributed by atoms with Crippen LogP contribution in [0.15, 0.2) is 18.2 Å². The summed E-state index contributed by atoms with van der Waals surface area (Å²) in [7, 11) is 1.51. The van der Waals surface area contributed by atoms with E-state index in [1.54, 1.807) is 39.0 Å². The predicted octanol–water partition coefficient (Wildman–Crippen LogP) is 2.45. The van der Waals surface area contributed by atoms with E-state index in [0.29, 0.717) is 17.1 Å². The van der Waals surface area contributed by atoms with E-state index >= 15 is 0 Å². The van der Waals surface area contributed by atoms with E-state index in [2.05, 4.69) is 0 Å². The van der Waals surface area contributed by atoms with Crippen LogP contribution in [0.4, 0.5) is 4.79 Å². The third kappa shape index (κ3) is 3.85. The number of methoxy groups -OCH3 is 1. The fourth-order valence-corrected chi connectivity index (χ4v) is 2.33. The SMILES string of the molecule is COc1ccc2c(c1)OCCN(C(=O)OC(C)(C)C)C2C(=O)O. The first-order valence-electron chi connectivity index (χ1n) is 7.26. The zero-order valence-corrected chi connectivity index (χ0v) is 13.7. The number of hydrogen-bond donors (Lipinski definition) is 1. The van der Waals surface area contributed by atoms with Gasteiger partial charge in [0.1, 0.15) is 23.7 Å². The zero-order valence-electron chi connectivity index (χ0n) is 13.7. The summed E-state index contributed by atoms with van der Waals surface area (Å²) >= 11 is 0. The maximum Gasteiger partial charge on any atom is 0.411 e. The van der Waals surface area contributed by atoms with Gasteiger partial charge >= 0.3 is 12.1 Å². The molecule has 1 aliphatic heterocycles. The van der Waals surface area contributed by atoms with Crippen LogP contribution in [0, 0.1) is 0 Å². The number of amides is 1. The monoisotopic (exact) mass is 323 g/mol. The molecular formula is C16H21NO6. The summed E-state index contributed by atoms with van der Waals surface area (Å²) < 4.78 is 16.0. The van der Waals surface area contributed by atoms with Gasteiger partial charge in [-0.15, -0.1) is 0 Å². The number of carbonyl (C=O) groups is 2. The smallest absolute Gasteiger partial charge is 0.411 e. The van der Waals surface area contributed by atoms with Crippen LogP contribution in [0.3, 0.4) is 0 Å². The molecule has 0 saturated carbocycles. The summed E-state index contributed by atoms with van der Waals surface area (Å²) in [5, 5.41) is 9.62. The Morgan fingerprint density at radius 2 is 2.04 bits per heavy atom. The molecule has 1 amide bonds. The Hall–Kier alpha value is -2.44. The molecule has 0 aromatic heterocycles. The number of fused-ring (bicyclic) bond motifs is 1. The summed E-state index contributed by atoms with van der Waals surface area (Å²) in [6.07, 6.45) is -0.683. The van der Waals surface area contributed by atoms with Crippen molar-refractivity contribution >= 4 is 12.1 Å². The summed E-state index contributed by atoms with van der Waals surface area (Å²) in [5.41, 5.74) is -0.322. The molecule has 7 nitrogen and oxygen atoms in total. The van der Waals surface area contributed by atoms with Gasteiger partial charge in [-0.25, -0.2) is 9.59 Å². The number of ether oxygens (including phenoxy) is 3. The number of carboxylic acids is 1. The summed E-state index contributed by atoms with van der Waals surface area (Å²) in [6, 6.07) is 3.67. The van der Waals surface area contributed by atoms with Crippen molar-refractivity contribution in [3.05, 3.63) is 23.8 Å². The van der Waals surface area contributed by atoms with E-state index in [1.807, 2.05) is 0 Å². The van der Waals surface area contributed by atoms with E-state index in [0.717, 1.165) is 0 Å². The Labute approximate surface area is 134 Å². The second-order valence-corrected chi connectivity index (χ2v) is 6.17. The molecule has 7 heteroatoms. The van der Waals surface area contributed by atoms with Crippen LogP contribution >= 0.6 is 0 Å². The van der Waals surface area contributed by atoms with Crippen LogP contribution in [0.1, 0.15) is 32.4 Å². The molecule has 126 valence electrons. The van der Waals surface area contributed by atoms with E-state index in [1.165, 1.54) is 12.0 Å². The van der Waals surface area contributed by atoms with E-state index in [-0.39, 0.29) is 13.2 Å². The normalized spacial score (nSPS) is 17.6. The Kier molecular flexibility index (Phi) is 4.68. The van der Waals surface area contributed by atoms with Crippen LogP contribution in [0.25, 0.3) is 0 Å². The predicted molar refractivity (Wildman–Crippen MR) is 81.8 cm³/mol. The zero-order chi connectivity index (χ0) is 17.2. The molecular weight excluding hydrogens is 302 g/mol. The van der Waals surface area contributed by atoms with Crippen LogP contribution in [0.5, 0.6) is 11.5 Å². The number of carbonyl (C=O) groups excluding carboxylic acids is 1. The van der Waals surface area contributed by atoms with Gasteiger partial charge in [0.25, 0.3) is 0 Å². The van der Waals surface area contributed by atoms with Gasteiger partial charge in [0.2, 0.25) is 0 Å². The van der Waals surface area contributed by atoms with Gasteiger partial charge in [-0.3, -0.25) is 4.90 Å². The fraction of sp³-hybridized carbons (Fsp3) is 0.500. The van der Waals surface area contributed by atoms with Gasteiger partial charge in [0.15, 0.2) is 6.04 Å². The molecule has 1 aromatic carbocycles. The molecule has 1 atom stereocenters. The van der Waals surface area contributed by atoms with Gasteiger partial charge in [0, 0.05) is 11.6 Å². The Morgan fingerprint density at radius 3 is 2.61 bits per heavy atom. The fourth-order valence-electron chi connectivity index (χ4n) is 2.33. The third-order valence-electron chi connectivity index (χ3n) is 3.28. The minimum absolute atomic E-state index is 0.114. The highest BCUT2D eigenvalue weighted by Gasteiger charge is 2.37. The van der Waals surface area contributed by atoms with Crippen molar-refractivity contribution in [2.75, 3.05) is 20.3 Å². The highest BCUT2D eigenvalue weighted by atomic mass is 16.6. The van der Waals surface area contributed by atoms with Crippen molar-refractivity contribution in [2.45, 2.75) is 32.4 Å². The third-order valence-corrected chi connectivity index (χ3v) is 3.28. The number of hydrogen-bond acceptors (Lipinski definition) is 5. The largest absolute Gasteiger partial charge is 0.497 e. The molecule has 1 heterocycles. The number of benzene rings is 1. The number of rotatable bonds is 2. The maximum atomic E-state index is 12.4. The van der Waals surface area contributed by atoms with E-state index in [9.17, 15) is 14.7 Å². The Balaban J connectivity index is 2.40. The Morgan fingerprint density at radius 1 is 1.35 bits per heavy atom. The molecule has 0 radical (unpaired) electrons. The van der Waals surface area contributed by atoms with Crippen molar-refractivity contribution in [3.63, 3.8) is 0 Å². The van der Waals surface area contributed by atoms with Crippen molar-refractivity contribution in [1.29, 1.82) is 0 Å². The average Bonchev–Trinajstić information content (AvgIpc) is 2.63. The second-order valence-electron chi connectivity index (χ2n) is 6.17. The molecule has 1 aliphatic rings. The van der Waals surface area contributed by atoms with Crippen LogP contribution in [-0.4, -0.2) is 47.9 Å². The quantitative estimate of drug-likeness (QED) is 0.900. The van der Waals surface area contributed by atoms with Gasteiger partial charge in [-0.2, -0.15) is 0 Å². The van der Waals surface area contributed by atoms with Crippen molar-refractivity contribution < 1.29 is 28.9 Å². The van der Waals surface area contributed by atoms with E-state index in [4.69, 9.17) is 14.2 Å². The second kappa shape index (κ2) is 6.36. The highest BCUT2D eigenvalue weighted by molar-refractivity contribution is 5.82. The number of carboxylic acid groups (broad SMARTS) is 1. The lowest BCUT2D eigenvalue weighted by Gasteiger charge is -2.29. The van der Waals surface area contributed by atoms with Gasteiger partial charge in [-0.1, -0.05) is 0 Å². The topological polar surface area (TPSA) is 85.3 Å². The summed E-state index contributed by atoms with van der Waals surface area (Å²) in [4.78, 5) is 25.3. The first-order chi connectivity index (χ1) is 10.7. The Bertz CT molecular complexity index is 607. The molecule has 23 heavy (non-hydrogen) atoms. The lowest BCUT2D eigenvalue weighted by atomic mass is 10.0. The minimum atomic E-state index is -1.17. The molecule has 0 fully saturated rings. The molecule has 0 spiro atoms. The molecule has 2 rings (SSSR count). The lowest BCUT2D eigenvalue weighted by molar-refractivity contribution is -0.143. The number of aliphatic carboxylic acids is 1. The van der Waals surface area contributed by atoms with Gasteiger partial charge in [0.05, 0.1) is 13.7 Å². The summed E-state index contributed by atoms with van der Waals surface area (Å²) in [5.74, 6) is -0.200. The number of nitrogens with zero attached hydrogens (tertiary/aromatic N) is 1. The van der Waals surface area contributed by atoms with Gasteiger partial charge in [-0.05, 0) is 32.9 Å². The highest BCUT2D eigenvalue weighted by Crippen LogP contribution is 2.35. The first kappa shape index (κ1) is 16.9. The molecule has 0 bridgehead atoms. The van der Waals surface area contributed by atoms with E-state index < -0.39 is 23.7 Å². The van der Waals surface area contributed by atoms with Crippen LogP contribution in [0.2, 0.25) is 0 Å². The molecule has 0 saturated heterocycles. The average molecular weight is 323 g/mol. The van der Waals surface area contributed by atoms with Gasteiger partial charge < -0.3 is 19.3 Å². The molecule has 1 N–H and O–H groups in total. The van der Waals surface area contributed by atoms with Crippen molar-refractivity contribution in [3.8, 4) is 11.5 Å². The molecule has 0 aliphatic carbocycles. The molecule has 1 unspecified atom stereocenters. The van der Waals surface area contributed by atoms with Crippen LogP contribution < -0.4 is 9.47 Å². The molecule has 1 aromatic rings. The first-order valence-corrected chi connectivity index (χ1v) is 7.26. The summed E-state index contributed by atoms with van der Waals surface area (Å²) in [6.45, 7) is 5.47.